The van der Waals surface area contributed by atoms with Crippen molar-refractivity contribution in [1.29, 1.82) is 0 Å². The van der Waals surface area contributed by atoms with E-state index in [4.69, 9.17) is 14.2 Å². The second-order valence-electron chi connectivity index (χ2n) is 11.0. The summed E-state index contributed by atoms with van der Waals surface area (Å²) < 4.78 is 54.3. The Morgan fingerprint density at radius 2 is 1.73 bits per heavy atom. The molecule has 12 nitrogen and oxygen atoms in total. The number of carbonyl (C=O) groups excluding carboxylic acids is 2. The Balaban J connectivity index is 1.58. The minimum absolute atomic E-state index is 0.00998. The van der Waals surface area contributed by atoms with E-state index >= 15 is 0 Å². The van der Waals surface area contributed by atoms with Gasteiger partial charge in [-0.15, -0.1) is 0 Å². The van der Waals surface area contributed by atoms with Gasteiger partial charge in [-0.25, -0.2) is 4.79 Å². The van der Waals surface area contributed by atoms with E-state index < -0.39 is 30.3 Å². The number of nitrogens with one attached hydrogen (secondary N) is 3. The SMILES string of the molecule is CCOC(=O)N1CCCOc2ccc(cc2)CNc2nc(nc(OCC(F)(F)F)n2)Nc2ccc(cc2)C(=O)NCC(C)(C)C1. The van der Waals surface area contributed by atoms with Gasteiger partial charge < -0.3 is 35.1 Å². The first-order valence-electron chi connectivity index (χ1n) is 14.4. The van der Waals surface area contributed by atoms with Crippen LogP contribution in [0.4, 0.5) is 35.5 Å². The van der Waals surface area contributed by atoms with Crippen LogP contribution in [0.5, 0.6) is 11.8 Å². The molecule has 4 aliphatic rings. The van der Waals surface area contributed by atoms with E-state index in [-0.39, 0.29) is 37.5 Å². The molecule has 0 aliphatic carbocycles. The third-order valence-electron chi connectivity index (χ3n) is 6.47. The van der Waals surface area contributed by atoms with Gasteiger partial charge in [-0.1, -0.05) is 26.0 Å². The Labute approximate surface area is 258 Å². The van der Waals surface area contributed by atoms with Gasteiger partial charge in [0.2, 0.25) is 11.9 Å². The molecule has 2 amide bonds. The number of hydrogen-bond donors (Lipinski definition) is 3. The third kappa shape index (κ3) is 10.7. The molecule has 0 saturated carbocycles. The highest BCUT2D eigenvalue weighted by Gasteiger charge is 2.29. The zero-order valence-corrected chi connectivity index (χ0v) is 25.2. The molecule has 45 heavy (non-hydrogen) atoms. The summed E-state index contributed by atoms with van der Waals surface area (Å²) in [4.78, 5) is 39.4. The number of anilines is 3. The molecule has 242 valence electrons. The number of alkyl halides is 3. The zero-order chi connectivity index (χ0) is 32.5. The lowest BCUT2D eigenvalue weighted by atomic mass is 9.92. The number of amides is 2. The van der Waals surface area contributed by atoms with Crippen molar-refractivity contribution in [2.45, 2.75) is 39.9 Å². The molecule has 0 radical (unpaired) electrons. The van der Waals surface area contributed by atoms with Crippen molar-refractivity contribution in [3.05, 3.63) is 59.7 Å². The van der Waals surface area contributed by atoms with E-state index in [0.717, 1.165) is 5.56 Å². The van der Waals surface area contributed by atoms with E-state index in [1.165, 1.54) is 0 Å². The van der Waals surface area contributed by atoms with Crippen molar-refractivity contribution in [2.75, 3.05) is 50.1 Å². The molecule has 0 spiro atoms. The summed E-state index contributed by atoms with van der Waals surface area (Å²) in [5, 5.41) is 8.80. The summed E-state index contributed by atoms with van der Waals surface area (Å²) in [6.07, 6.45) is -4.46. The number of aromatic nitrogens is 3. The lowest BCUT2D eigenvalue weighted by Gasteiger charge is -2.32. The molecule has 7 rings (SSSR count). The van der Waals surface area contributed by atoms with Crippen molar-refractivity contribution < 1.29 is 37.0 Å². The van der Waals surface area contributed by atoms with Gasteiger partial charge in [0.05, 0.1) is 13.2 Å². The van der Waals surface area contributed by atoms with Crippen LogP contribution in [0.15, 0.2) is 48.5 Å². The Hall–Kier alpha value is -4.82. The van der Waals surface area contributed by atoms with Gasteiger partial charge in [-0.05, 0) is 60.7 Å². The molecule has 0 atom stereocenters. The van der Waals surface area contributed by atoms with Gasteiger partial charge in [0.15, 0.2) is 6.61 Å². The molecule has 4 aliphatic heterocycles. The summed E-state index contributed by atoms with van der Waals surface area (Å²) in [6, 6.07) is 13.1. The fraction of sp³-hybridized carbons (Fsp3) is 0.433. The van der Waals surface area contributed by atoms with Gasteiger partial charge in [0.25, 0.3) is 5.91 Å². The van der Waals surface area contributed by atoms with Crippen LogP contribution in [-0.4, -0.2) is 77.5 Å². The van der Waals surface area contributed by atoms with Crippen LogP contribution in [0.25, 0.3) is 0 Å². The first-order valence-corrected chi connectivity index (χ1v) is 14.4. The first-order chi connectivity index (χ1) is 21.4. The monoisotopic (exact) mass is 631 g/mol. The second-order valence-corrected chi connectivity index (χ2v) is 11.0. The van der Waals surface area contributed by atoms with Crippen molar-refractivity contribution in [3.63, 3.8) is 0 Å². The number of carbonyl (C=O) groups is 2. The second kappa shape index (κ2) is 14.8. The van der Waals surface area contributed by atoms with E-state index in [1.54, 1.807) is 48.2 Å². The van der Waals surface area contributed by atoms with Gasteiger partial charge in [-0.3, -0.25) is 4.79 Å². The highest BCUT2D eigenvalue weighted by atomic mass is 19.4. The minimum atomic E-state index is -4.58. The molecule has 2 aromatic carbocycles. The van der Waals surface area contributed by atoms with Gasteiger partial charge in [0.1, 0.15) is 5.75 Å². The maximum atomic E-state index is 12.9. The first kappa shape index (κ1) is 33.1. The van der Waals surface area contributed by atoms with Crippen LogP contribution in [0.3, 0.4) is 0 Å². The van der Waals surface area contributed by atoms with Crippen LogP contribution < -0.4 is 25.4 Å². The molecular weight excluding hydrogens is 595 g/mol. The zero-order valence-electron chi connectivity index (χ0n) is 25.2. The molecule has 6 bridgehead atoms. The third-order valence-corrected chi connectivity index (χ3v) is 6.47. The van der Waals surface area contributed by atoms with Crippen molar-refractivity contribution >= 4 is 29.6 Å². The predicted molar refractivity (Wildman–Crippen MR) is 160 cm³/mol. The normalized spacial score (nSPS) is 16.0. The Morgan fingerprint density at radius 1 is 1.02 bits per heavy atom. The van der Waals surface area contributed by atoms with Crippen LogP contribution in [0, 0.1) is 5.41 Å². The number of halogens is 3. The largest absolute Gasteiger partial charge is 0.494 e. The van der Waals surface area contributed by atoms with E-state index in [2.05, 4.69) is 30.9 Å². The van der Waals surface area contributed by atoms with Gasteiger partial charge >= 0.3 is 18.3 Å². The molecule has 1 aromatic heterocycles. The molecule has 3 N–H and O–H groups in total. The topological polar surface area (TPSA) is 140 Å². The molecule has 0 unspecified atom stereocenters. The molecule has 0 fully saturated rings. The van der Waals surface area contributed by atoms with E-state index in [9.17, 15) is 22.8 Å². The number of hydrogen-bond acceptors (Lipinski definition) is 10. The quantitative estimate of drug-likeness (QED) is 0.355. The molecule has 15 heteroatoms. The lowest BCUT2D eigenvalue weighted by molar-refractivity contribution is -0.154. The average molecular weight is 632 g/mol. The fourth-order valence-electron chi connectivity index (χ4n) is 4.31. The standard InChI is InChI=1S/C30H36F3N7O5/c1-4-43-28(42)40-14-5-15-44-23-12-6-20(7-13-23)16-34-25-37-26(39-27(38-25)45-19-30(31,32)33)36-22-10-8-21(9-11-22)24(41)35-17-29(2,3)18-40/h6-13H,4-5,14-19H2,1-3H3,(H,35,41)(H2,34,36,37,38,39). The van der Waals surface area contributed by atoms with E-state index in [0.29, 0.717) is 43.1 Å². The number of benzene rings is 2. The summed E-state index contributed by atoms with van der Waals surface area (Å²) in [7, 11) is 0. The van der Waals surface area contributed by atoms with Gasteiger partial charge in [0, 0.05) is 37.4 Å². The molecule has 3 aromatic rings. The van der Waals surface area contributed by atoms with Crippen LogP contribution in [0.2, 0.25) is 0 Å². The van der Waals surface area contributed by atoms with Crippen molar-refractivity contribution in [3.8, 4) is 11.8 Å². The predicted octanol–water partition coefficient (Wildman–Crippen LogP) is 5.17. The average Bonchev–Trinajstić information content (AvgIpc) is 2.99. The Kier molecular flexibility index (Phi) is 10.9. The van der Waals surface area contributed by atoms with Crippen LogP contribution >= 0.6 is 0 Å². The lowest BCUT2D eigenvalue weighted by Crippen LogP contribution is -2.45. The fourth-order valence-corrected chi connectivity index (χ4v) is 4.31. The maximum Gasteiger partial charge on any atom is 0.422 e. The maximum absolute atomic E-state index is 12.9. The number of nitrogens with zero attached hydrogens (tertiary/aromatic N) is 4. The summed E-state index contributed by atoms with van der Waals surface area (Å²) >= 11 is 0. The smallest absolute Gasteiger partial charge is 0.422 e. The molecular formula is C30H36F3N7O5. The number of rotatable bonds is 3. The van der Waals surface area contributed by atoms with Crippen molar-refractivity contribution in [2.24, 2.45) is 5.41 Å². The van der Waals surface area contributed by atoms with Crippen molar-refractivity contribution in [1.82, 2.24) is 25.2 Å². The highest BCUT2D eigenvalue weighted by molar-refractivity contribution is 5.94. The summed E-state index contributed by atoms with van der Waals surface area (Å²) in [6.45, 7) is 5.93. The Bertz CT molecular complexity index is 1440. The van der Waals surface area contributed by atoms with Crippen LogP contribution in [-0.2, 0) is 11.3 Å². The molecule has 5 heterocycles. The van der Waals surface area contributed by atoms with E-state index in [1.807, 2.05) is 26.0 Å². The number of ether oxygens (including phenoxy) is 3. The molecule has 0 saturated heterocycles. The highest BCUT2D eigenvalue weighted by Crippen LogP contribution is 2.22. The minimum Gasteiger partial charge on any atom is -0.494 e. The summed E-state index contributed by atoms with van der Waals surface area (Å²) in [5.74, 6) is 0.233. The van der Waals surface area contributed by atoms with Gasteiger partial charge in [-0.2, -0.15) is 28.1 Å². The van der Waals surface area contributed by atoms with Crippen LogP contribution in [0.1, 0.15) is 43.1 Å². The summed E-state index contributed by atoms with van der Waals surface area (Å²) in [5.41, 5.74) is 1.20. The Morgan fingerprint density at radius 3 is 2.42 bits per heavy atom.